The third kappa shape index (κ3) is 2.81. The molecule has 1 heterocycles. The highest BCUT2D eigenvalue weighted by Gasteiger charge is 2.18. The highest BCUT2D eigenvalue weighted by Crippen LogP contribution is 2.17. The highest BCUT2D eigenvalue weighted by molar-refractivity contribution is 8.15. The largest absolute Gasteiger partial charge is 0.263 e. The third-order valence-corrected chi connectivity index (χ3v) is 4.95. The molecule has 1 N–H and O–H groups in total. The number of thioether (sulfide) groups is 1. The van der Waals surface area contributed by atoms with Gasteiger partial charge in [-0.15, -0.1) is 0 Å². The Kier molecular flexibility index (Phi) is 3.44. The minimum absolute atomic E-state index is 0.288. The predicted octanol–water partition coefficient (Wildman–Crippen LogP) is 1.68. The standard InChI is InChI=1S/C11H14N2O2S2/c1-8-3-4-10(7-9(8)2)17(14,15)13-11-12-5-6-16-11/h3-4,7H,5-6H2,1-2H3,(H,12,13). The lowest BCUT2D eigenvalue weighted by atomic mass is 10.1. The van der Waals surface area contributed by atoms with Gasteiger partial charge in [-0.05, 0) is 37.1 Å². The molecule has 1 aliphatic heterocycles. The average molecular weight is 270 g/mol. The van der Waals surface area contributed by atoms with E-state index in [0.29, 0.717) is 11.7 Å². The Bertz CT molecular complexity index is 565. The van der Waals surface area contributed by atoms with Crippen molar-refractivity contribution in [2.24, 2.45) is 4.99 Å². The molecule has 1 aromatic carbocycles. The molecule has 0 saturated carbocycles. The van der Waals surface area contributed by atoms with Crippen LogP contribution in [0.15, 0.2) is 28.1 Å². The van der Waals surface area contributed by atoms with Crippen molar-refractivity contribution in [1.29, 1.82) is 0 Å². The van der Waals surface area contributed by atoms with Crippen LogP contribution in [0.4, 0.5) is 0 Å². The molecule has 0 spiro atoms. The highest BCUT2D eigenvalue weighted by atomic mass is 32.2. The topological polar surface area (TPSA) is 58.5 Å². The van der Waals surface area contributed by atoms with Gasteiger partial charge in [0.05, 0.1) is 11.4 Å². The second kappa shape index (κ2) is 4.70. The molecule has 0 atom stereocenters. The number of sulfonamides is 1. The normalized spacial score (nSPS) is 15.8. The summed E-state index contributed by atoms with van der Waals surface area (Å²) in [5.41, 5.74) is 2.05. The first-order chi connectivity index (χ1) is 7.99. The van der Waals surface area contributed by atoms with Crippen LogP contribution in [0, 0.1) is 13.8 Å². The molecular weight excluding hydrogens is 256 g/mol. The van der Waals surface area contributed by atoms with Crippen LogP contribution in [0.25, 0.3) is 0 Å². The van der Waals surface area contributed by atoms with E-state index in [1.807, 2.05) is 19.9 Å². The van der Waals surface area contributed by atoms with Gasteiger partial charge in [0.25, 0.3) is 10.0 Å². The Morgan fingerprint density at radius 3 is 2.65 bits per heavy atom. The SMILES string of the molecule is Cc1ccc(S(=O)(=O)NC2=NCCS2)cc1C. The summed E-state index contributed by atoms with van der Waals surface area (Å²) < 4.78 is 26.6. The number of nitrogens with one attached hydrogen (secondary N) is 1. The van der Waals surface area contributed by atoms with E-state index in [2.05, 4.69) is 9.71 Å². The monoisotopic (exact) mass is 270 g/mol. The van der Waals surface area contributed by atoms with Gasteiger partial charge >= 0.3 is 0 Å². The molecular formula is C11H14N2O2S2. The molecule has 0 aromatic heterocycles. The molecule has 0 aliphatic carbocycles. The van der Waals surface area contributed by atoms with Crippen LogP contribution >= 0.6 is 11.8 Å². The Balaban J connectivity index is 2.28. The van der Waals surface area contributed by atoms with Gasteiger partial charge in [-0.1, -0.05) is 17.8 Å². The van der Waals surface area contributed by atoms with E-state index in [1.165, 1.54) is 11.8 Å². The second-order valence-electron chi connectivity index (χ2n) is 3.89. The fraction of sp³-hybridized carbons (Fsp3) is 0.364. The summed E-state index contributed by atoms with van der Waals surface area (Å²) in [4.78, 5) is 4.36. The van der Waals surface area contributed by atoms with Crippen molar-refractivity contribution < 1.29 is 8.42 Å². The molecule has 6 heteroatoms. The molecule has 0 saturated heterocycles. The van der Waals surface area contributed by atoms with Crippen molar-refractivity contribution in [2.45, 2.75) is 18.7 Å². The van der Waals surface area contributed by atoms with Crippen LogP contribution < -0.4 is 4.72 Å². The summed E-state index contributed by atoms with van der Waals surface area (Å²) >= 11 is 1.43. The smallest absolute Gasteiger partial charge is 0.261 e. The Labute approximate surface area is 106 Å². The molecule has 1 aromatic rings. The van der Waals surface area contributed by atoms with Gasteiger partial charge in [0, 0.05) is 5.75 Å². The quantitative estimate of drug-likeness (QED) is 0.889. The van der Waals surface area contributed by atoms with Gasteiger partial charge in [-0.25, -0.2) is 8.42 Å². The lowest BCUT2D eigenvalue weighted by Crippen LogP contribution is -2.27. The van der Waals surface area contributed by atoms with Gasteiger partial charge < -0.3 is 0 Å². The van der Waals surface area contributed by atoms with Gasteiger partial charge in [0.1, 0.15) is 0 Å². The number of amidine groups is 1. The lowest BCUT2D eigenvalue weighted by molar-refractivity contribution is 0.593. The maximum Gasteiger partial charge on any atom is 0.263 e. The molecule has 92 valence electrons. The summed E-state index contributed by atoms with van der Waals surface area (Å²) in [6.07, 6.45) is 0. The van der Waals surface area contributed by atoms with Crippen LogP contribution in [0.5, 0.6) is 0 Å². The van der Waals surface area contributed by atoms with Crippen molar-refractivity contribution in [3.63, 3.8) is 0 Å². The van der Waals surface area contributed by atoms with Gasteiger partial charge in [-0.3, -0.25) is 9.71 Å². The summed E-state index contributed by atoms with van der Waals surface area (Å²) in [5, 5.41) is 0.489. The number of hydrogen-bond acceptors (Lipinski definition) is 4. The van der Waals surface area contributed by atoms with E-state index in [1.54, 1.807) is 12.1 Å². The van der Waals surface area contributed by atoms with E-state index in [4.69, 9.17) is 0 Å². The molecule has 17 heavy (non-hydrogen) atoms. The van der Waals surface area contributed by atoms with Crippen LogP contribution in [-0.4, -0.2) is 25.9 Å². The molecule has 2 rings (SSSR count). The maximum absolute atomic E-state index is 12.0. The fourth-order valence-electron chi connectivity index (χ4n) is 1.45. The van der Waals surface area contributed by atoms with Gasteiger partial charge in [0.15, 0.2) is 5.17 Å². The zero-order valence-corrected chi connectivity index (χ0v) is 11.4. The average Bonchev–Trinajstić information content (AvgIpc) is 2.73. The second-order valence-corrected chi connectivity index (χ2v) is 6.65. The first kappa shape index (κ1) is 12.4. The maximum atomic E-state index is 12.0. The van der Waals surface area contributed by atoms with E-state index < -0.39 is 10.0 Å². The summed E-state index contributed by atoms with van der Waals surface area (Å²) in [6.45, 7) is 4.53. The van der Waals surface area contributed by atoms with E-state index in [0.717, 1.165) is 16.9 Å². The molecule has 0 amide bonds. The molecule has 4 nitrogen and oxygen atoms in total. The van der Waals surface area contributed by atoms with E-state index in [9.17, 15) is 8.42 Å². The Morgan fingerprint density at radius 2 is 2.06 bits per heavy atom. The number of rotatable bonds is 2. The van der Waals surface area contributed by atoms with E-state index >= 15 is 0 Å². The van der Waals surface area contributed by atoms with Crippen LogP contribution in [-0.2, 0) is 10.0 Å². The number of nitrogens with zero attached hydrogens (tertiary/aromatic N) is 1. The number of aliphatic imine (C=N–C) groups is 1. The molecule has 1 aliphatic rings. The zero-order chi connectivity index (χ0) is 12.5. The van der Waals surface area contributed by atoms with Crippen molar-refractivity contribution >= 4 is 27.0 Å². The minimum atomic E-state index is -3.48. The summed E-state index contributed by atoms with van der Waals surface area (Å²) in [6, 6.07) is 5.11. The fourth-order valence-corrected chi connectivity index (χ4v) is 3.57. The van der Waals surface area contributed by atoms with Crippen molar-refractivity contribution in [3.05, 3.63) is 29.3 Å². The first-order valence-electron chi connectivity index (χ1n) is 5.26. The first-order valence-corrected chi connectivity index (χ1v) is 7.73. The Morgan fingerprint density at radius 1 is 1.29 bits per heavy atom. The van der Waals surface area contributed by atoms with Crippen molar-refractivity contribution in [3.8, 4) is 0 Å². The zero-order valence-electron chi connectivity index (χ0n) is 9.73. The molecule has 0 unspecified atom stereocenters. The van der Waals surface area contributed by atoms with Crippen LogP contribution in [0.1, 0.15) is 11.1 Å². The number of hydrogen-bond donors (Lipinski definition) is 1. The lowest BCUT2D eigenvalue weighted by Gasteiger charge is -2.08. The van der Waals surface area contributed by atoms with Gasteiger partial charge in [-0.2, -0.15) is 0 Å². The van der Waals surface area contributed by atoms with Crippen LogP contribution in [0.3, 0.4) is 0 Å². The summed E-state index contributed by atoms with van der Waals surface area (Å²) in [5.74, 6) is 0.838. The predicted molar refractivity (Wildman–Crippen MR) is 71.0 cm³/mol. The minimum Gasteiger partial charge on any atom is -0.261 e. The number of benzene rings is 1. The van der Waals surface area contributed by atoms with Crippen LogP contribution in [0.2, 0.25) is 0 Å². The molecule has 0 radical (unpaired) electrons. The van der Waals surface area contributed by atoms with Gasteiger partial charge in [0.2, 0.25) is 0 Å². The molecule has 0 bridgehead atoms. The number of aryl methyl sites for hydroxylation is 2. The third-order valence-electron chi connectivity index (χ3n) is 2.60. The van der Waals surface area contributed by atoms with Crippen molar-refractivity contribution in [1.82, 2.24) is 4.72 Å². The van der Waals surface area contributed by atoms with Crippen molar-refractivity contribution in [2.75, 3.05) is 12.3 Å². The molecule has 0 fully saturated rings. The Hall–Kier alpha value is -1.01. The van der Waals surface area contributed by atoms with E-state index in [-0.39, 0.29) is 4.90 Å². The summed E-state index contributed by atoms with van der Waals surface area (Å²) in [7, 11) is -3.48.